The lowest BCUT2D eigenvalue weighted by atomic mass is 10.3. The second-order valence-corrected chi connectivity index (χ2v) is 3.03. The highest BCUT2D eigenvalue weighted by molar-refractivity contribution is 5.44. The zero-order valence-electron chi connectivity index (χ0n) is 7.91. The fourth-order valence-electron chi connectivity index (χ4n) is 1.17. The summed E-state index contributed by atoms with van der Waals surface area (Å²) in [6.45, 7) is 0. The summed E-state index contributed by atoms with van der Waals surface area (Å²) in [5, 5.41) is 0. The van der Waals surface area contributed by atoms with Crippen molar-refractivity contribution in [3.05, 3.63) is 54.3 Å². The molecule has 0 aliphatic rings. The molecule has 2 N–H and O–H groups in total. The van der Waals surface area contributed by atoms with Crippen molar-refractivity contribution in [2.75, 3.05) is 5.73 Å². The highest BCUT2D eigenvalue weighted by Crippen LogP contribution is 2.25. The van der Waals surface area contributed by atoms with Crippen LogP contribution in [0.4, 0.5) is 10.1 Å². The van der Waals surface area contributed by atoms with Gasteiger partial charge in [-0.15, -0.1) is 0 Å². The molecule has 0 spiro atoms. The van der Waals surface area contributed by atoms with Crippen LogP contribution in [-0.2, 0) is 0 Å². The van der Waals surface area contributed by atoms with Crippen molar-refractivity contribution in [2.24, 2.45) is 0 Å². The summed E-state index contributed by atoms with van der Waals surface area (Å²) in [5.74, 6) is 0.260. The molecule has 3 heteroatoms. The Bertz CT molecular complexity index is 456. The van der Waals surface area contributed by atoms with E-state index in [0.717, 1.165) is 0 Å². The number of hydrogen-bond acceptors (Lipinski definition) is 2. The van der Waals surface area contributed by atoms with Crippen LogP contribution in [0.1, 0.15) is 0 Å². The summed E-state index contributed by atoms with van der Waals surface area (Å²) in [4.78, 5) is 0. The molecule has 2 nitrogen and oxygen atoms in total. The number of nitrogens with two attached hydrogens (primary N) is 1. The summed E-state index contributed by atoms with van der Waals surface area (Å²) in [7, 11) is 0. The van der Waals surface area contributed by atoms with Crippen molar-refractivity contribution in [1.29, 1.82) is 0 Å². The average molecular weight is 202 g/mol. The third-order valence-corrected chi connectivity index (χ3v) is 1.87. The van der Waals surface area contributed by atoms with Crippen LogP contribution in [-0.4, -0.2) is 0 Å². The van der Waals surface area contributed by atoms with Gasteiger partial charge in [0.25, 0.3) is 0 Å². The first kappa shape index (κ1) is 9.52. The van der Waals surface area contributed by atoms with Crippen LogP contribution in [0.25, 0.3) is 0 Å². The van der Waals surface area contributed by atoms with Crippen molar-refractivity contribution >= 4 is 5.69 Å². The molecule has 0 aromatic heterocycles. The quantitative estimate of drug-likeness (QED) is 0.760. The number of rotatable bonds is 2. The van der Waals surface area contributed by atoms with E-state index in [1.807, 2.05) is 0 Å². The number of ether oxygens (including phenoxy) is 1. The molecule has 0 aliphatic carbocycles. The summed E-state index contributed by atoms with van der Waals surface area (Å²) in [6.07, 6.45) is 0. The van der Waals surface area contributed by atoms with E-state index >= 15 is 0 Å². The van der Waals surface area contributed by atoms with E-state index in [1.165, 1.54) is 12.1 Å². The largest absolute Gasteiger partial charge is 0.454 e. The minimum Gasteiger partial charge on any atom is -0.454 e. The van der Waals surface area contributed by atoms with Gasteiger partial charge in [0.15, 0.2) is 11.6 Å². The molecule has 0 fully saturated rings. The number of anilines is 1. The van der Waals surface area contributed by atoms with Gasteiger partial charge in [0, 0.05) is 11.8 Å². The molecule has 0 saturated heterocycles. The van der Waals surface area contributed by atoms with Gasteiger partial charge in [-0.05, 0) is 30.3 Å². The Hall–Kier alpha value is -2.03. The fourth-order valence-corrected chi connectivity index (χ4v) is 1.17. The molecule has 2 aromatic rings. The lowest BCUT2D eigenvalue weighted by molar-refractivity contribution is 0.442. The maximum absolute atomic E-state index is 13.3. The van der Waals surface area contributed by atoms with E-state index in [9.17, 15) is 4.39 Å². The van der Waals surface area contributed by atoms with Gasteiger partial charge < -0.3 is 10.5 Å². The Kier molecular flexibility index (Phi) is 2.54. The van der Waals surface area contributed by atoms with Crippen LogP contribution in [0.3, 0.4) is 0 Å². The number of hydrogen-bond donors (Lipinski definition) is 1. The van der Waals surface area contributed by atoms with Gasteiger partial charge in [-0.2, -0.15) is 0 Å². The van der Waals surface area contributed by atoms with E-state index in [4.69, 9.17) is 10.5 Å². The van der Waals surface area contributed by atoms with Crippen molar-refractivity contribution in [1.82, 2.24) is 0 Å². The molecular formula is C12H9FNO. The predicted octanol–water partition coefficient (Wildman–Crippen LogP) is 3.00. The standard InChI is InChI=1S/C12H9FNO/c13-11-8-9(14)6-7-12(11)15-10-4-2-1-3-5-10/h2-8H,14H2. The number of benzene rings is 2. The Morgan fingerprint density at radius 3 is 2.53 bits per heavy atom. The van der Waals surface area contributed by atoms with E-state index in [-0.39, 0.29) is 5.75 Å². The number of halogens is 1. The van der Waals surface area contributed by atoms with E-state index in [1.54, 1.807) is 30.3 Å². The van der Waals surface area contributed by atoms with Gasteiger partial charge in [-0.1, -0.05) is 12.1 Å². The third kappa shape index (κ3) is 2.26. The van der Waals surface area contributed by atoms with Gasteiger partial charge in [-0.3, -0.25) is 0 Å². The van der Waals surface area contributed by atoms with Gasteiger partial charge in [-0.25, -0.2) is 4.39 Å². The molecule has 0 unspecified atom stereocenters. The van der Waals surface area contributed by atoms with Gasteiger partial charge >= 0.3 is 0 Å². The highest BCUT2D eigenvalue weighted by Gasteiger charge is 2.04. The molecule has 0 saturated carbocycles. The molecule has 1 radical (unpaired) electrons. The monoisotopic (exact) mass is 202 g/mol. The fraction of sp³-hybridized carbons (Fsp3) is 0. The summed E-state index contributed by atoms with van der Waals surface area (Å²) >= 11 is 0. The zero-order valence-corrected chi connectivity index (χ0v) is 7.91. The first-order valence-corrected chi connectivity index (χ1v) is 4.45. The van der Waals surface area contributed by atoms with E-state index in [0.29, 0.717) is 11.4 Å². The average Bonchev–Trinajstić information content (AvgIpc) is 2.24. The minimum atomic E-state index is -0.470. The van der Waals surface area contributed by atoms with Crippen molar-refractivity contribution in [2.45, 2.75) is 0 Å². The number of nitrogen functional groups attached to an aromatic ring is 1. The van der Waals surface area contributed by atoms with Gasteiger partial charge in [0.1, 0.15) is 5.75 Å². The van der Waals surface area contributed by atoms with Crippen molar-refractivity contribution in [3.63, 3.8) is 0 Å². The first-order valence-electron chi connectivity index (χ1n) is 4.45. The van der Waals surface area contributed by atoms with E-state index in [2.05, 4.69) is 6.07 Å². The SMILES string of the molecule is Nc1ccc(Oc2cc[c]cc2)c(F)c1. The van der Waals surface area contributed by atoms with Gasteiger partial charge in [0.2, 0.25) is 0 Å². The van der Waals surface area contributed by atoms with Crippen LogP contribution < -0.4 is 10.5 Å². The van der Waals surface area contributed by atoms with Crippen LogP contribution in [0.2, 0.25) is 0 Å². The van der Waals surface area contributed by atoms with Crippen molar-refractivity contribution < 1.29 is 9.13 Å². The lowest BCUT2D eigenvalue weighted by Crippen LogP contribution is -1.90. The van der Waals surface area contributed by atoms with E-state index < -0.39 is 5.82 Å². The molecule has 0 heterocycles. The van der Waals surface area contributed by atoms with Crippen LogP contribution in [0, 0.1) is 11.9 Å². The summed E-state index contributed by atoms with van der Waals surface area (Å²) in [5.41, 5.74) is 5.80. The third-order valence-electron chi connectivity index (χ3n) is 1.87. The zero-order chi connectivity index (χ0) is 10.7. The Balaban J connectivity index is 2.25. The summed E-state index contributed by atoms with van der Waals surface area (Å²) < 4.78 is 18.6. The second kappa shape index (κ2) is 4.00. The molecule has 0 atom stereocenters. The minimum absolute atomic E-state index is 0.162. The molecular weight excluding hydrogens is 193 g/mol. The maximum atomic E-state index is 13.3. The molecule has 15 heavy (non-hydrogen) atoms. The maximum Gasteiger partial charge on any atom is 0.167 e. The topological polar surface area (TPSA) is 35.2 Å². The molecule has 0 aliphatic heterocycles. The first-order chi connectivity index (χ1) is 7.25. The molecule has 0 amide bonds. The molecule has 2 rings (SSSR count). The van der Waals surface area contributed by atoms with Crippen molar-refractivity contribution in [3.8, 4) is 11.5 Å². The molecule has 2 aromatic carbocycles. The Morgan fingerprint density at radius 1 is 1.13 bits per heavy atom. The highest BCUT2D eigenvalue weighted by atomic mass is 19.1. The predicted molar refractivity (Wildman–Crippen MR) is 56.2 cm³/mol. The molecule has 0 bridgehead atoms. The Labute approximate surface area is 87.1 Å². The van der Waals surface area contributed by atoms with Crippen LogP contribution in [0.5, 0.6) is 11.5 Å². The lowest BCUT2D eigenvalue weighted by Gasteiger charge is -2.06. The van der Waals surface area contributed by atoms with Gasteiger partial charge in [0.05, 0.1) is 0 Å². The Morgan fingerprint density at radius 2 is 1.87 bits per heavy atom. The summed E-state index contributed by atoms with van der Waals surface area (Å²) in [6, 6.07) is 14.0. The molecule has 75 valence electrons. The van der Waals surface area contributed by atoms with Crippen LogP contribution in [0.15, 0.2) is 42.5 Å². The smallest absolute Gasteiger partial charge is 0.167 e. The van der Waals surface area contributed by atoms with Crippen LogP contribution >= 0.6 is 0 Å². The normalized spacial score (nSPS) is 9.93. The second-order valence-electron chi connectivity index (χ2n) is 3.03.